The molecular formula is C15H25N5O20P4. The summed E-state index contributed by atoms with van der Waals surface area (Å²) in [5.74, 6) is 0. The lowest BCUT2D eigenvalue weighted by Crippen LogP contribution is -2.36. The quantitative estimate of drug-likeness (QED) is 0.0944. The number of nitrogens with one attached hydrogen (secondary N) is 1. The summed E-state index contributed by atoms with van der Waals surface area (Å²) in [6.07, 6.45) is -11.1. The Hall–Kier alpha value is -1.37. The highest BCUT2D eigenvalue weighted by molar-refractivity contribution is 7.66. The van der Waals surface area contributed by atoms with Crippen LogP contribution in [-0.4, -0.2) is 119 Å². The fraction of sp³-hybridized carbons (Fsp3) is 0.667. The van der Waals surface area contributed by atoms with E-state index in [0.717, 1.165) is 21.8 Å². The van der Waals surface area contributed by atoms with Gasteiger partial charge in [-0.15, -0.1) is 0 Å². The van der Waals surface area contributed by atoms with E-state index in [1.165, 1.54) is 0 Å². The molecule has 29 heteroatoms. The smallest absolute Gasteiger partial charge is 0.387 e. The van der Waals surface area contributed by atoms with Gasteiger partial charge in [-0.1, -0.05) is 0 Å². The number of ether oxygens (including phenoxy) is 2. The van der Waals surface area contributed by atoms with Gasteiger partial charge >= 0.3 is 31.3 Å². The average Bonchev–Trinajstić information content (AvgIpc) is 3.50. The van der Waals surface area contributed by atoms with Crippen molar-refractivity contribution in [2.45, 2.75) is 49.1 Å². The molecule has 2 aromatic rings. The number of aliphatic hydroxyl groups excluding tert-OH is 4. The van der Waals surface area contributed by atoms with Crippen molar-refractivity contribution >= 4 is 42.5 Å². The van der Waals surface area contributed by atoms with Crippen LogP contribution in [0.5, 0.6) is 0 Å². The summed E-state index contributed by atoms with van der Waals surface area (Å²) in [4.78, 5) is 61.8. The van der Waals surface area contributed by atoms with E-state index in [2.05, 4.69) is 27.6 Å². The predicted octanol–water partition coefficient (Wildman–Crippen LogP) is -3.60. The third-order valence-corrected chi connectivity index (χ3v) is 10.3. The van der Waals surface area contributed by atoms with Gasteiger partial charge in [0, 0.05) is 0 Å². The number of nitrogens with zero attached hydrogens (tertiary/aromatic N) is 4. The monoisotopic (exact) mass is 719 g/mol. The molecule has 0 spiro atoms. The van der Waals surface area contributed by atoms with Crippen LogP contribution in [0.1, 0.15) is 12.5 Å². The first-order valence-electron chi connectivity index (χ1n) is 11.6. The average molecular weight is 719 g/mol. The van der Waals surface area contributed by atoms with E-state index in [-0.39, 0.29) is 11.2 Å². The zero-order chi connectivity index (χ0) is 33.0. The Morgan fingerprint density at radius 3 is 1.73 bits per heavy atom. The van der Waals surface area contributed by atoms with E-state index < -0.39 is 99.1 Å². The highest BCUT2D eigenvalue weighted by Crippen LogP contribution is 2.66. The zero-order valence-corrected chi connectivity index (χ0v) is 24.9. The molecule has 0 aliphatic carbocycles. The molecule has 4 rings (SSSR count). The molecule has 2 aromatic heterocycles. The summed E-state index contributed by atoms with van der Waals surface area (Å²) >= 11 is 0. The second kappa shape index (κ2) is 12.7. The Balaban J connectivity index is 1.48. The molecule has 2 aliphatic heterocycles. The molecule has 11 N–H and O–H groups in total. The van der Waals surface area contributed by atoms with E-state index >= 15 is 0 Å². The van der Waals surface area contributed by atoms with Crippen molar-refractivity contribution < 1.29 is 95.2 Å². The number of hydrogen-bond donors (Lipinski definition) is 11. The number of phosphoric acid groups is 4. The zero-order valence-electron chi connectivity index (χ0n) is 21.3. The molecule has 44 heavy (non-hydrogen) atoms. The van der Waals surface area contributed by atoms with Gasteiger partial charge in [-0.3, -0.25) is 23.6 Å². The first-order chi connectivity index (χ1) is 20.1. The van der Waals surface area contributed by atoms with Gasteiger partial charge in [0.15, 0.2) is 29.1 Å². The fourth-order valence-corrected chi connectivity index (χ4v) is 7.53. The molecule has 0 bridgehead atoms. The number of fused-ring (bicyclic) bond motifs is 1. The maximum Gasteiger partial charge on any atom is 0.490 e. The minimum atomic E-state index is -5.81. The molecule has 2 saturated heterocycles. The van der Waals surface area contributed by atoms with Crippen molar-refractivity contribution in [2.24, 2.45) is 0 Å². The number of aromatic nitrogens is 4. The largest absolute Gasteiger partial charge is 0.490 e. The highest BCUT2D eigenvalue weighted by Gasteiger charge is 2.48. The molecule has 4 heterocycles. The van der Waals surface area contributed by atoms with Gasteiger partial charge in [0.2, 0.25) is 0 Å². The maximum atomic E-state index is 12.0. The molecule has 10 atom stereocenters. The van der Waals surface area contributed by atoms with Crippen LogP contribution >= 0.6 is 31.3 Å². The fourth-order valence-electron chi connectivity index (χ4n) is 4.16. The Kier molecular flexibility index (Phi) is 10.2. The molecule has 0 amide bonds. The van der Waals surface area contributed by atoms with Crippen LogP contribution < -0.4 is 5.49 Å². The second-order valence-electron chi connectivity index (χ2n) is 9.09. The lowest BCUT2D eigenvalue weighted by molar-refractivity contribution is -0.0546. The van der Waals surface area contributed by atoms with Crippen molar-refractivity contribution in [2.75, 3.05) is 13.2 Å². The van der Waals surface area contributed by atoms with Gasteiger partial charge in [-0.2, -0.15) is 8.62 Å². The Labute approximate surface area is 243 Å². The summed E-state index contributed by atoms with van der Waals surface area (Å²) in [6, 6.07) is 0. The van der Waals surface area contributed by atoms with E-state index in [4.69, 9.17) is 34.5 Å². The third-order valence-electron chi connectivity index (χ3n) is 6.00. The summed E-state index contributed by atoms with van der Waals surface area (Å²) < 4.78 is 73.9. The summed E-state index contributed by atoms with van der Waals surface area (Å²) in [5, 5.41) is 50.0. The lowest BCUT2D eigenvalue weighted by Gasteiger charge is -2.19. The van der Waals surface area contributed by atoms with Gasteiger partial charge in [0.05, 0.1) is 19.5 Å². The van der Waals surface area contributed by atoms with Crippen LogP contribution in [0.3, 0.4) is 0 Å². The SMILES string of the molecule is N=c1c2ncn([C@H]3O[C@H](COP(=O)(O)OP(=O)(O)OP(=O)(O)O)[C@H](O)[C@H]3O)c2ncn1[C@@H]1O[C@H](COP(=O)(O)O)[C@@H](O)[C@H]1O. The Morgan fingerprint density at radius 1 is 0.705 bits per heavy atom. The van der Waals surface area contributed by atoms with Crippen LogP contribution in [0.2, 0.25) is 0 Å². The van der Waals surface area contributed by atoms with Gasteiger partial charge in [0.25, 0.3) is 0 Å². The van der Waals surface area contributed by atoms with E-state index in [0.29, 0.717) is 0 Å². The van der Waals surface area contributed by atoms with E-state index in [1.807, 2.05) is 0 Å². The predicted molar refractivity (Wildman–Crippen MR) is 131 cm³/mol. The van der Waals surface area contributed by atoms with Crippen LogP contribution in [0.4, 0.5) is 0 Å². The third kappa shape index (κ3) is 8.12. The number of imidazole rings is 1. The molecule has 0 radical (unpaired) electrons. The first-order valence-corrected chi connectivity index (χ1v) is 17.6. The van der Waals surface area contributed by atoms with Crippen LogP contribution in [-0.2, 0) is 45.4 Å². The van der Waals surface area contributed by atoms with E-state index in [1.54, 1.807) is 0 Å². The van der Waals surface area contributed by atoms with Crippen LogP contribution in [0.15, 0.2) is 12.7 Å². The number of phosphoric ester groups is 2. The molecule has 2 fully saturated rings. The van der Waals surface area contributed by atoms with Crippen molar-refractivity contribution in [3.8, 4) is 0 Å². The minimum absolute atomic E-state index is 0.148. The highest BCUT2D eigenvalue weighted by atomic mass is 31.3. The topological polar surface area (TPSA) is 385 Å². The van der Waals surface area contributed by atoms with Gasteiger partial charge < -0.3 is 59.3 Å². The number of aliphatic hydroxyl groups is 4. The first kappa shape index (κ1) is 35.5. The van der Waals surface area contributed by atoms with Crippen molar-refractivity contribution in [1.29, 1.82) is 5.41 Å². The lowest BCUT2D eigenvalue weighted by atomic mass is 10.1. The maximum absolute atomic E-state index is 12.0. The van der Waals surface area contributed by atoms with Crippen molar-refractivity contribution in [1.82, 2.24) is 19.1 Å². The van der Waals surface area contributed by atoms with Crippen LogP contribution in [0, 0.1) is 5.41 Å². The van der Waals surface area contributed by atoms with Gasteiger partial charge in [-0.05, 0) is 0 Å². The van der Waals surface area contributed by atoms with E-state index in [9.17, 15) is 48.5 Å². The van der Waals surface area contributed by atoms with Crippen LogP contribution in [0.25, 0.3) is 11.2 Å². The molecule has 2 aliphatic rings. The van der Waals surface area contributed by atoms with Gasteiger partial charge in [-0.25, -0.2) is 28.2 Å². The van der Waals surface area contributed by atoms with Crippen molar-refractivity contribution in [3.63, 3.8) is 0 Å². The Bertz CT molecular complexity index is 1620. The number of rotatable bonds is 12. The molecule has 250 valence electrons. The summed E-state index contributed by atoms with van der Waals surface area (Å²) in [5.41, 5.74) is -0.820. The standard InChI is InChI=1S/C15H25N5O20P4/c16-12-7-13(18-4-19(12)14-10(23)8(21)5(37-14)1-35-41(25,26)27)20(3-17-7)15-11(24)9(22)6(38-15)2-36-43(31,32)40-44(33,34)39-42(28,29)30/h3-6,8-11,14-16,21-24H,1-2H2,(H,31,32)(H,33,34)(H2,25,26,27)(H2,28,29,30)/t5-,6-,8-,9+,10-,11-,14-,15+/m1/s1. The summed E-state index contributed by atoms with van der Waals surface area (Å²) in [7, 11) is -22.0. The Morgan fingerprint density at radius 2 is 1.20 bits per heavy atom. The molecular weight excluding hydrogens is 694 g/mol. The minimum Gasteiger partial charge on any atom is -0.387 e. The molecule has 2 unspecified atom stereocenters. The molecule has 0 aromatic carbocycles. The number of hydrogen-bond acceptors (Lipinski definition) is 17. The summed E-state index contributed by atoms with van der Waals surface area (Å²) in [6.45, 7) is -1.89. The molecule has 25 nitrogen and oxygen atoms in total. The normalized spacial score (nSPS) is 32.6. The second-order valence-corrected chi connectivity index (χ2v) is 14.7. The van der Waals surface area contributed by atoms with Gasteiger partial charge in [0.1, 0.15) is 43.0 Å². The molecule has 0 saturated carbocycles. The van der Waals surface area contributed by atoms with Crippen molar-refractivity contribution in [3.05, 3.63) is 18.1 Å².